The summed E-state index contributed by atoms with van der Waals surface area (Å²) in [6, 6.07) is 5.46. The van der Waals surface area contributed by atoms with Crippen molar-refractivity contribution in [2.24, 2.45) is 11.3 Å². The third kappa shape index (κ3) is 2.85. The fraction of sp³-hybridized carbons (Fsp3) is 0.708. The third-order valence-corrected chi connectivity index (χ3v) is 8.73. The molecule has 5 atom stereocenters. The van der Waals surface area contributed by atoms with E-state index in [-0.39, 0.29) is 39.4 Å². The minimum absolute atomic E-state index is 0.0492. The van der Waals surface area contributed by atoms with Crippen LogP contribution in [0.15, 0.2) is 18.2 Å². The van der Waals surface area contributed by atoms with E-state index in [9.17, 15) is 14.9 Å². The molecule has 0 aromatic heterocycles. The van der Waals surface area contributed by atoms with Crippen LogP contribution in [0, 0.1) is 21.4 Å². The number of esters is 1. The van der Waals surface area contributed by atoms with E-state index in [1.54, 1.807) is 12.1 Å². The second-order valence-electron chi connectivity index (χ2n) is 9.99. The number of unbranched alkanes of at least 4 members (excludes halogenated alkanes) is 1. The molecule has 1 aromatic rings. The molecular formula is C24H33N3O4. The summed E-state index contributed by atoms with van der Waals surface area (Å²) < 4.78 is 5.76. The summed E-state index contributed by atoms with van der Waals surface area (Å²) in [4.78, 5) is 27.3. The first-order valence-corrected chi connectivity index (χ1v) is 11.9. The Balaban J connectivity index is 1.63. The molecule has 0 amide bonds. The van der Waals surface area contributed by atoms with Crippen LogP contribution in [-0.2, 0) is 14.9 Å². The van der Waals surface area contributed by atoms with Gasteiger partial charge in [-0.1, -0.05) is 20.3 Å². The molecule has 2 saturated heterocycles. The highest BCUT2D eigenvalue weighted by molar-refractivity contribution is 5.78. The molecule has 31 heavy (non-hydrogen) atoms. The van der Waals surface area contributed by atoms with Gasteiger partial charge in [0.05, 0.1) is 23.5 Å². The Kier molecular flexibility index (Phi) is 5.00. The second-order valence-corrected chi connectivity index (χ2v) is 9.99. The van der Waals surface area contributed by atoms with Crippen LogP contribution in [0.25, 0.3) is 0 Å². The van der Waals surface area contributed by atoms with Crippen LogP contribution >= 0.6 is 0 Å². The molecule has 0 radical (unpaired) electrons. The molecule has 1 aliphatic carbocycles. The number of carbonyl (C=O) groups excluding carboxylic acids is 1. The molecule has 1 saturated carbocycles. The Morgan fingerprint density at radius 2 is 2.16 bits per heavy atom. The summed E-state index contributed by atoms with van der Waals surface area (Å²) in [6.45, 7) is 6.89. The topological polar surface area (TPSA) is 84.7 Å². The number of non-ortho nitro benzene ring substituents is 1. The number of ether oxygens (including phenoxy) is 1. The van der Waals surface area contributed by atoms with Crippen LogP contribution in [-0.4, -0.2) is 47.6 Å². The Morgan fingerprint density at radius 3 is 2.90 bits per heavy atom. The number of fused-ring (bicyclic) bond motifs is 1. The van der Waals surface area contributed by atoms with Crippen molar-refractivity contribution in [2.75, 3.05) is 25.0 Å². The molecule has 7 nitrogen and oxygen atoms in total. The van der Waals surface area contributed by atoms with Crippen molar-refractivity contribution < 1.29 is 14.5 Å². The number of anilines is 1. The Morgan fingerprint density at radius 1 is 1.32 bits per heavy atom. The van der Waals surface area contributed by atoms with Crippen LogP contribution in [0.5, 0.6) is 0 Å². The summed E-state index contributed by atoms with van der Waals surface area (Å²) in [5, 5.41) is 15.3. The van der Waals surface area contributed by atoms with Gasteiger partial charge in [0.25, 0.3) is 5.69 Å². The highest BCUT2D eigenvalue weighted by Gasteiger charge is 2.69. The smallest absolute Gasteiger partial charge is 0.311 e. The molecule has 1 spiro atoms. The minimum Gasteiger partial charge on any atom is -0.465 e. The predicted octanol–water partition coefficient (Wildman–Crippen LogP) is 4.25. The van der Waals surface area contributed by atoms with E-state index in [2.05, 4.69) is 24.1 Å². The van der Waals surface area contributed by atoms with Crippen molar-refractivity contribution in [1.82, 2.24) is 4.90 Å². The number of hydrogen-bond acceptors (Lipinski definition) is 6. The number of nitrogens with zero attached hydrogens (tertiary/aromatic N) is 2. The van der Waals surface area contributed by atoms with E-state index in [1.807, 2.05) is 6.07 Å². The van der Waals surface area contributed by atoms with E-state index in [0.717, 1.165) is 69.3 Å². The zero-order chi connectivity index (χ0) is 21.8. The summed E-state index contributed by atoms with van der Waals surface area (Å²) in [6.07, 6.45) is 6.93. The monoisotopic (exact) mass is 427 g/mol. The van der Waals surface area contributed by atoms with Crippen molar-refractivity contribution in [3.8, 4) is 0 Å². The Labute approximate surface area is 183 Å². The predicted molar refractivity (Wildman–Crippen MR) is 118 cm³/mol. The average molecular weight is 428 g/mol. The molecule has 0 unspecified atom stereocenters. The van der Waals surface area contributed by atoms with Crippen molar-refractivity contribution in [3.63, 3.8) is 0 Å². The molecule has 4 aliphatic rings. The van der Waals surface area contributed by atoms with E-state index >= 15 is 0 Å². The maximum absolute atomic E-state index is 13.4. The van der Waals surface area contributed by atoms with Crippen LogP contribution < -0.4 is 5.32 Å². The molecule has 0 bridgehead atoms. The molecule has 3 fully saturated rings. The zero-order valence-electron chi connectivity index (χ0n) is 18.6. The first kappa shape index (κ1) is 20.7. The van der Waals surface area contributed by atoms with Crippen molar-refractivity contribution in [1.29, 1.82) is 0 Å². The van der Waals surface area contributed by atoms with Gasteiger partial charge in [-0.2, -0.15) is 0 Å². The maximum Gasteiger partial charge on any atom is 0.311 e. The summed E-state index contributed by atoms with van der Waals surface area (Å²) in [5.41, 5.74) is 1.92. The average Bonchev–Trinajstić information content (AvgIpc) is 3.33. The lowest BCUT2D eigenvalue weighted by Gasteiger charge is -2.59. The molecule has 3 aliphatic heterocycles. The number of nitro groups is 1. The maximum atomic E-state index is 13.4. The van der Waals surface area contributed by atoms with Gasteiger partial charge < -0.3 is 10.1 Å². The van der Waals surface area contributed by atoms with Gasteiger partial charge in [-0.05, 0) is 68.7 Å². The Bertz CT molecular complexity index is 905. The number of hydrogen-bond donors (Lipinski definition) is 1. The molecule has 5 rings (SSSR count). The van der Waals surface area contributed by atoms with Crippen LogP contribution in [0.1, 0.15) is 64.4 Å². The van der Waals surface area contributed by atoms with Gasteiger partial charge in [0, 0.05) is 29.3 Å². The van der Waals surface area contributed by atoms with Crippen molar-refractivity contribution in [3.05, 3.63) is 33.9 Å². The minimum atomic E-state index is -0.301. The third-order valence-electron chi connectivity index (χ3n) is 8.73. The number of nitro benzene ring substituents is 1. The second kappa shape index (κ2) is 7.47. The van der Waals surface area contributed by atoms with Crippen LogP contribution in [0.2, 0.25) is 0 Å². The quantitative estimate of drug-likeness (QED) is 0.316. The largest absolute Gasteiger partial charge is 0.465 e. The number of rotatable bonds is 6. The normalized spacial score (nSPS) is 35.6. The molecule has 168 valence electrons. The van der Waals surface area contributed by atoms with Crippen LogP contribution in [0.3, 0.4) is 0 Å². The zero-order valence-corrected chi connectivity index (χ0v) is 18.6. The first-order valence-electron chi connectivity index (χ1n) is 11.9. The molecule has 3 heterocycles. The molecule has 7 heteroatoms. The molecular weight excluding hydrogens is 394 g/mol. The van der Waals surface area contributed by atoms with E-state index in [1.165, 1.54) is 0 Å². The van der Waals surface area contributed by atoms with Gasteiger partial charge in [-0.15, -0.1) is 0 Å². The lowest BCUT2D eigenvalue weighted by molar-refractivity contribution is -0.384. The van der Waals surface area contributed by atoms with Gasteiger partial charge in [0.2, 0.25) is 0 Å². The highest BCUT2D eigenvalue weighted by atomic mass is 16.6. The van der Waals surface area contributed by atoms with Crippen LogP contribution in [0.4, 0.5) is 11.4 Å². The number of benzene rings is 1. The van der Waals surface area contributed by atoms with Gasteiger partial charge in [0.15, 0.2) is 0 Å². The first-order chi connectivity index (χ1) is 15.0. The van der Waals surface area contributed by atoms with E-state index < -0.39 is 0 Å². The lowest BCUT2D eigenvalue weighted by atomic mass is 9.49. The standard InChI is InChI=1S/C24H33N3O4/c1-3-5-13-31-21(28)17-15-23(4-2)9-6-11-26-12-10-24(22(23)26)18-14-16(27(29)30)7-8-19(18)25-20(17)24/h7-8,14,17,20,22,25H,3-6,9-13,15H2,1-2H3/t17-,20-,22-,23-,24+/m0/s1. The molecule has 1 aromatic carbocycles. The SMILES string of the molecule is CCCCOC(=O)[C@H]1C[C@]2(CC)CCCN3CC[C@]4(c5cc([N+](=O)[O-])ccc5N[C@@H]14)[C@@H]32. The van der Waals surface area contributed by atoms with Crippen molar-refractivity contribution >= 4 is 17.3 Å². The summed E-state index contributed by atoms with van der Waals surface area (Å²) in [7, 11) is 0. The van der Waals surface area contributed by atoms with Gasteiger partial charge >= 0.3 is 5.97 Å². The molecule has 1 N–H and O–H groups in total. The van der Waals surface area contributed by atoms with Gasteiger partial charge in [-0.25, -0.2) is 0 Å². The van der Waals surface area contributed by atoms with Crippen molar-refractivity contribution in [2.45, 2.75) is 76.3 Å². The lowest BCUT2D eigenvalue weighted by Crippen LogP contribution is -2.67. The number of carbonyl (C=O) groups is 1. The number of nitrogens with one attached hydrogen (secondary N) is 1. The van der Waals surface area contributed by atoms with E-state index in [0.29, 0.717) is 12.6 Å². The number of piperidine rings is 1. The summed E-state index contributed by atoms with van der Waals surface area (Å²) in [5.74, 6) is -0.319. The summed E-state index contributed by atoms with van der Waals surface area (Å²) >= 11 is 0. The fourth-order valence-corrected chi connectivity index (χ4v) is 7.48. The fourth-order valence-electron chi connectivity index (χ4n) is 7.48. The highest BCUT2D eigenvalue weighted by Crippen LogP contribution is 2.65. The van der Waals surface area contributed by atoms with Gasteiger partial charge in [0.1, 0.15) is 0 Å². The van der Waals surface area contributed by atoms with E-state index in [4.69, 9.17) is 4.74 Å². The Hall–Kier alpha value is -2.15. The van der Waals surface area contributed by atoms with Gasteiger partial charge in [-0.3, -0.25) is 19.8 Å².